The molecule has 1 saturated heterocycles. The number of carboxylic acids is 1. The van der Waals surface area contributed by atoms with Crippen LogP contribution in [0.25, 0.3) is 0 Å². The van der Waals surface area contributed by atoms with Gasteiger partial charge in [0.05, 0.1) is 35.9 Å². The van der Waals surface area contributed by atoms with Crippen molar-refractivity contribution < 1.29 is 78.2 Å². The van der Waals surface area contributed by atoms with Gasteiger partial charge in [-0.1, -0.05) is 88.1 Å². The van der Waals surface area contributed by atoms with Crippen LogP contribution in [0.4, 0.5) is 4.79 Å². The maximum Gasteiger partial charge on any atom is 0.426 e. The van der Waals surface area contributed by atoms with Crippen molar-refractivity contribution >= 4 is 86.4 Å². The van der Waals surface area contributed by atoms with E-state index in [4.69, 9.17) is 20.3 Å². The smallest absolute Gasteiger partial charge is 0.426 e. The van der Waals surface area contributed by atoms with Crippen LogP contribution in [0.15, 0.2) is 29.6 Å². The van der Waals surface area contributed by atoms with Crippen LogP contribution in [0.2, 0.25) is 0 Å². The molecule has 26 nitrogen and oxygen atoms in total. The Labute approximate surface area is 515 Å². The SMILES string of the molecule is CCCC(=O)OCN(C(=O)[C@@H](NC(=O)[C@H]1CCCCN1C)C(C)CC)[C@H](CCc1nc(C(=O)N[C@@H](Cc2ccc(O)cc2)C[C@H](C)C(=O)NNC(=O)OCCSSC[C@@H](NC(=O)[C@@H](N)CCC(=O)NCC[C@@H](O)C[C@H](O)CO)C(=O)O)cs1)C(C)C. The van der Waals surface area contributed by atoms with Gasteiger partial charge in [0, 0.05) is 67.1 Å². The first-order valence-electron chi connectivity index (χ1n) is 29.4. The van der Waals surface area contributed by atoms with Crippen molar-refractivity contribution in [2.75, 3.05) is 51.6 Å². The highest BCUT2D eigenvalue weighted by Gasteiger charge is 2.38. The van der Waals surface area contributed by atoms with Crippen molar-refractivity contribution in [1.29, 1.82) is 0 Å². The number of likely N-dealkylation sites (N-methyl/N-ethyl adjacent to an activating group) is 1. The number of hydrogen-bond donors (Lipinski definition) is 12. The monoisotopic (exact) mass is 1270 g/mol. The van der Waals surface area contributed by atoms with E-state index in [0.29, 0.717) is 37.1 Å². The van der Waals surface area contributed by atoms with Gasteiger partial charge in [0.25, 0.3) is 5.91 Å². The first-order valence-corrected chi connectivity index (χ1v) is 32.7. The van der Waals surface area contributed by atoms with E-state index in [1.807, 2.05) is 46.6 Å². The van der Waals surface area contributed by atoms with Crippen LogP contribution in [0.3, 0.4) is 0 Å². The number of ether oxygens (including phenoxy) is 2. The molecule has 86 heavy (non-hydrogen) atoms. The first-order chi connectivity index (χ1) is 40.9. The molecule has 1 fully saturated rings. The fraction of sp³-hybridized carbons (Fsp3) is 0.684. The normalized spacial score (nSPS) is 16.6. The van der Waals surface area contributed by atoms with Crippen LogP contribution in [0.1, 0.15) is 140 Å². The molecule has 2 heterocycles. The molecule has 0 bridgehead atoms. The van der Waals surface area contributed by atoms with Gasteiger partial charge in [0.1, 0.15) is 30.1 Å². The number of rotatable bonds is 39. The Morgan fingerprint density at radius 3 is 2.26 bits per heavy atom. The standard InChI is InChI=1S/C57H92N10O16S3/c1-8-12-49(73)83-33-67(55(78)50(35(5)9-2)63-54(77)46-13-10-11-24-66(46)7)45(34(3)4)19-21-48-61-43(31-84-48)53(76)60-38(28-37-14-16-39(69)17-15-37)27-36(6)51(74)64-65-57(81)82-25-26-85-86-32-44(56(79)80)62-52(75)42(58)18-20-47(72)59-23-22-40(70)29-41(71)30-68/h14-17,31,34-36,38,40-42,44-46,50,68-71H,8-13,18-30,32-33,58H2,1-7H3,(H,59,72)(H,60,76)(H,62,75)(H,63,77)(H,64,74)(H,65,81)(H,79,80)/t35?,36-,38+,40+,41-,42-,44+,45+,46+,50-/m0/s1. The van der Waals surface area contributed by atoms with E-state index < -0.39 is 96.6 Å². The van der Waals surface area contributed by atoms with Gasteiger partial charge in [-0.05, 0) is 94.5 Å². The van der Waals surface area contributed by atoms with Gasteiger partial charge in [-0.25, -0.2) is 20.0 Å². The number of likely N-dealkylation sites (tertiary alicyclic amines) is 1. The number of aromatic hydroxyl groups is 1. The van der Waals surface area contributed by atoms with Gasteiger partial charge in [-0.2, -0.15) is 0 Å². The highest BCUT2D eigenvalue weighted by Crippen LogP contribution is 2.26. The summed E-state index contributed by atoms with van der Waals surface area (Å²) in [5, 5.41) is 60.9. The second-order valence-electron chi connectivity index (χ2n) is 22.0. The molecule has 10 atom stereocenters. The third-order valence-corrected chi connectivity index (χ3v) is 17.9. The summed E-state index contributed by atoms with van der Waals surface area (Å²) in [7, 11) is 4.15. The Balaban J connectivity index is 1.55. The number of esters is 1. The number of amides is 7. The number of benzene rings is 1. The Morgan fingerprint density at radius 2 is 1.60 bits per heavy atom. The van der Waals surface area contributed by atoms with E-state index in [9.17, 15) is 63.6 Å². The van der Waals surface area contributed by atoms with Gasteiger partial charge < -0.3 is 66.9 Å². The van der Waals surface area contributed by atoms with E-state index in [0.717, 1.165) is 46.5 Å². The lowest BCUT2D eigenvalue weighted by Crippen LogP contribution is -2.59. The molecule has 1 aliphatic rings. The molecular weight excluding hydrogens is 1180 g/mol. The highest BCUT2D eigenvalue weighted by atomic mass is 33.1. The third kappa shape index (κ3) is 27.5. The summed E-state index contributed by atoms with van der Waals surface area (Å²) in [6.07, 6.45) is 1.89. The van der Waals surface area contributed by atoms with Crippen molar-refractivity contribution in [1.82, 2.24) is 46.9 Å². The molecule has 13 N–H and O–H groups in total. The van der Waals surface area contributed by atoms with Crippen molar-refractivity contribution in [3.63, 3.8) is 0 Å². The summed E-state index contributed by atoms with van der Waals surface area (Å²) in [4.78, 5) is 126. The van der Waals surface area contributed by atoms with Gasteiger partial charge in [-0.15, -0.1) is 11.3 Å². The quantitative estimate of drug-likeness (QED) is 0.0150. The van der Waals surface area contributed by atoms with E-state index >= 15 is 0 Å². The van der Waals surface area contributed by atoms with E-state index in [1.54, 1.807) is 29.3 Å². The Kier molecular flexibility index (Phi) is 34.5. The molecule has 3 rings (SSSR count). The van der Waals surface area contributed by atoms with Crippen molar-refractivity contribution in [2.24, 2.45) is 23.5 Å². The van der Waals surface area contributed by atoms with Gasteiger partial charge >= 0.3 is 18.0 Å². The van der Waals surface area contributed by atoms with Crippen molar-refractivity contribution in [2.45, 2.75) is 180 Å². The van der Waals surface area contributed by atoms with Crippen LogP contribution in [-0.2, 0) is 55.9 Å². The summed E-state index contributed by atoms with van der Waals surface area (Å²) < 4.78 is 10.8. The molecule has 1 aliphatic heterocycles. The number of carboxylic acid groups (broad SMARTS) is 1. The van der Waals surface area contributed by atoms with Crippen LogP contribution >= 0.6 is 32.9 Å². The van der Waals surface area contributed by atoms with Crippen molar-refractivity contribution in [3.8, 4) is 5.75 Å². The zero-order chi connectivity index (χ0) is 63.9. The molecule has 1 aromatic carbocycles. The molecule has 2 aromatic rings. The number of piperidine rings is 1. The number of nitrogens with two attached hydrogens (primary N) is 1. The molecule has 0 radical (unpaired) electrons. The number of aliphatic carboxylic acids is 1. The Morgan fingerprint density at radius 1 is 0.884 bits per heavy atom. The molecular formula is C57H92N10O16S3. The molecule has 7 amide bonds. The summed E-state index contributed by atoms with van der Waals surface area (Å²) in [6, 6.07) is 1.55. The second kappa shape index (κ2) is 39.9. The zero-order valence-corrected chi connectivity index (χ0v) is 52.9. The third-order valence-electron chi connectivity index (χ3n) is 14.6. The number of hydrogen-bond acceptors (Lipinski definition) is 21. The summed E-state index contributed by atoms with van der Waals surface area (Å²) in [5.41, 5.74) is 11.3. The molecule has 0 aliphatic carbocycles. The van der Waals surface area contributed by atoms with Gasteiger partial charge in [-0.3, -0.25) is 43.9 Å². The molecule has 0 spiro atoms. The summed E-state index contributed by atoms with van der Waals surface area (Å²) in [5.74, 6) is -5.62. The van der Waals surface area contributed by atoms with Crippen LogP contribution in [-0.4, -0.2) is 194 Å². The lowest BCUT2D eigenvalue weighted by Gasteiger charge is -2.39. The summed E-state index contributed by atoms with van der Waals surface area (Å²) in [6.45, 7) is 11.2. The lowest BCUT2D eigenvalue weighted by molar-refractivity contribution is -0.159. The molecule has 29 heteroatoms. The predicted molar refractivity (Wildman–Crippen MR) is 326 cm³/mol. The number of aliphatic hydroxyl groups excluding tert-OH is 3. The number of phenols is 1. The second-order valence-corrected chi connectivity index (χ2v) is 25.6. The number of carbonyl (C=O) groups excluding carboxylic acids is 8. The number of hydrazine groups is 1. The number of nitrogens with zero attached hydrogens (tertiary/aromatic N) is 3. The average molecular weight is 1270 g/mol. The van der Waals surface area contributed by atoms with Crippen LogP contribution in [0.5, 0.6) is 5.75 Å². The minimum absolute atomic E-state index is 0.0424. The number of nitrogens with one attached hydrogen (secondary N) is 6. The molecule has 1 aromatic heterocycles. The maximum atomic E-state index is 14.7. The number of carbonyl (C=O) groups is 9. The average Bonchev–Trinajstić information content (AvgIpc) is 2.50. The number of phenolic OH excluding ortho intramolecular Hbond substituents is 1. The topological polar surface area (TPSA) is 391 Å². The minimum Gasteiger partial charge on any atom is -0.508 e. The largest absolute Gasteiger partial charge is 0.508 e. The minimum atomic E-state index is -1.33. The zero-order valence-electron chi connectivity index (χ0n) is 50.5. The number of aliphatic hydroxyl groups is 3. The first kappa shape index (κ1) is 74.4. The Bertz CT molecular complexity index is 2460. The van der Waals surface area contributed by atoms with Crippen LogP contribution in [0, 0.1) is 17.8 Å². The number of aromatic nitrogens is 1. The van der Waals surface area contributed by atoms with E-state index in [2.05, 4.69) is 37.1 Å². The Hall–Kier alpha value is -5.82. The van der Waals surface area contributed by atoms with E-state index in [1.165, 1.54) is 23.5 Å². The molecule has 484 valence electrons. The van der Waals surface area contributed by atoms with Gasteiger partial charge in [0.15, 0.2) is 6.73 Å². The molecule has 0 saturated carbocycles. The fourth-order valence-corrected chi connectivity index (χ4v) is 12.0. The fourth-order valence-electron chi connectivity index (χ4n) is 9.27. The highest BCUT2D eigenvalue weighted by molar-refractivity contribution is 8.76. The number of aryl methyl sites for hydroxylation is 1. The van der Waals surface area contributed by atoms with E-state index in [-0.39, 0.29) is 117 Å². The summed E-state index contributed by atoms with van der Waals surface area (Å²) >= 11 is 1.27. The van der Waals surface area contributed by atoms with Gasteiger partial charge in [0.2, 0.25) is 29.5 Å². The molecule has 1 unspecified atom stereocenters. The predicted octanol–water partition coefficient (Wildman–Crippen LogP) is 2.74. The van der Waals surface area contributed by atoms with Crippen molar-refractivity contribution in [3.05, 3.63) is 45.9 Å². The lowest BCUT2D eigenvalue weighted by atomic mass is 9.93. The number of thiazole rings is 1. The maximum absolute atomic E-state index is 14.7. The van der Waals surface area contributed by atoms with Crippen LogP contribution < -0.4 is 37.9 Å².